The Kier molecular flexibility index (Phi) is 4.86. The summed E-state index contributed by atoms with van der Waals surface area (Å²) in [5.74, 6) is 2.55. The van der Waals surface area contributed by atoms with Gasteiger partial charge in [-0.05, 0) is 50.9 Å². The van der Waals surface area contributed by atoms with Gasteiger partial charge in [-0.2, -0.15) is 0 Å². The van der Waals surface area contributed by atoms with E-state index in [4.69, 9.17) is 14.0 Å². The number of ether oxygens (including phenoxy) is 2. The Bertz CT molecular complexity index is 653. The van der Waals surface area contributed by atoms with E-state index in [0.717, 1.165) is 42.5 Å². The smallest absolute Gasteiger partial charge is 0.161 e. The van der Waals surface area contributed by atoms with Gasteiger partial charge in [0, 0.05) is 12.6 Å². The molecule has 0 saturated carbocycles. The number of methoxy groups -OCH3 is 1. The first kappa shape index (κ1) is 15.9. The summed E-state index contributed by atoms with van der Waals surface area (Å²) >= 11 is 0. The summed E-state index contributed by atoms with van der Waals surface area (Å²) in [5, 5.41) is 4.02. The fourth-order valence-electron chi connectivity index (χ4n) is 3.20. The van der Waals surface area contributed by atoms with Crippen LogP contribution in [0.5, 0.6) is 11.5 Å². The molecule has 1 aromatic heterocycles. The molecular formula is C18H24N2O3. The highest BCUT2D eigenvalue weighted by Gasteiger charge is 2.29. The highest BCUT2D eigenvalue weighted by molar-refractivity contribution is 5.43. The quantitative estimate of drug-likeness (QED) is 0.812. The Hall–Kier alpha value is -2.01. The van der Waals surface area contributed by atoms with Crippen molar-refractivity contribution in [1.29, 1.82) is 0 Å². The van der Waals surface area contributed by atoms with Gasteiger partial charge >= 0.3 is 0 Å². The van der Waals surface area contributed by atoms with Crippen LogP contribution < -0.4 is 9.47 Å². The minimum Gasteiger partial charge on any atom is -0.493 e. The third kappa shape index (κ3) is 3.50. The molecule has 0 N–H and O–H groups in total. The second kappa shape index (κ2) is 7.04. The Balaban J connectivity index is 1.75. The van der Waals surface area contributed by atoms with E-state index in [1.165, 1.54) is 12.0 Å². The summed E-state index contributed by atoms with van der Waals surface area (Å²) in [6.45, 7) is 6.51. The normalized spacial score (nSPS) is 18.3. The predicted octanol–water partition coefficient (Wildman–Crippen LogP) is 3.73. The second-order valence-corrected chi connectivity index (χ2v) is 5.92. The van der Waals surface area contributed by atoms with Gasteiger partial charge in [0.05, 0.1) is 25.5 Å². The van der Waals surface area contributed by atoms with Gasteiger partial charge in [-0.25, -0.2) is 0 Å². The van der Waals surface area contributed by atoms with Crippen molar-refractivity contribution < 1.29 is 14.0 Å². The summed E-state index contributed by atoms with van der Waals surface area (Å²) in [4.78, 5) is 2.44. The fourth-order valence-corrected chi connectivity index (χ4v) is 3.20. The molecule has 0 radical (unpaired) electrons. The molecule has 124 valence electrons. The van der Waals surface area contributed by atoms with E-state index in [1.54, 1.807) is 7.11 Å². The summed E-state index contributed by atoms with van der Waals surface area (Å²) in [6, 6.07) is 8.51. The first-order valence-electron chi connectivity index (χ1n) is 8.18. The van der Waals surface area contributed by atoms with Gasteiger partial charge < -0.3 is 14.0 Å². The number of rotatable bonds is 6. The van der Waals surface area contributed by atoms with E-state index in [0.29, 0.717) is 12.6 Å². The van der Waals surface area contributed by atoms with Crippen molar-refractivity contribution in [2.24, 2.45) is 0 Å². The first-order chi connectivity index (χ1) is 11.2. The highest BCUT2D eigenvalue weighted by Crippen LogP contribution is 2.35. The summed E-state index contributed by atoms with van der Waals surface area (Å²) < 4.78 is 16.5. The summed E-state index contributed by atoms with van der Waals surface area (Å²) in [5.41, 5.74) is 2.16. The van der Waals surface area contributed by atoms with E-state index in [9.17, 15) is 0 Å². The maximum absolute atomic E-state index is 5.58. The van der Waals surface area contributed by atoms with Gasteiger partial charge in [0.1, 0.15) is 0 Å². The van der Waals surface area contributed by atoms with Crippen molar-refractivity contribution >= 4 is 0 Å². The minimum absolute atomic E-state index is 0.314. The van der Waals surface area contributed by atoms with Gasteiger partial charge in [0.25, 0.3) is 0 Å². The molecular weight excluding hydrogens is 292 g/mol. The molecule has 5 heteroatoms. The van der Waals surface area contributed by atoms with Gasteiger partial charge in [0.2, 0.25) is 0 Å². The molecule has 0 amide bonds. The van der Waals surface area contributed by atoms with E-state index in [2.05, 4.69) is 22.2 Å². The maximum atomic E-state index is 5.58. The average Bonchev–Trinajstić information content (AvgIpc) is 3.17. The molecule has 1 aliphatic heterocycles. The zero-order valence-electron chi connectivity index (χ0n) is 14.0. The molecule has 0 spiro atoms. The van der Waals surface area contributed by atoms with Crippen LogP contribution >= 0.6 is 0 Å². The van der Waals surface area contributed by atoms with Crippen LogP contribution in [0.2, 0.25) is 0 Å². The molecule has 2 aromatic rings. The zero-order valence-corrected chi connectivity index (χ0v) is 14.0. The Morgan fingerprint density at radius 1 is 1.30 bits per heavy atom. The molecule has 0 bridgehead atoms. The number of nitrogens with zero attached hydrogens (tertiary/aromatic N) is 2. The highest BCUT2D eigenvalue weighted by atomic mass is 16.5. The molecule has 2 heterocycles. The van der Waals surface area contributed by atoms with Crippen LogP contribution in [0.3, 0.4) is 0 Å². The summed E-state index contributed by atoms with van der Waals surface area (Å²) in [7, 11) is 1.68. The van der Waals surface area contributed by atoms with Gasteiger partial charge in [-0.1, -0.05) is 11.2 Å². The van der Waals surface area contributed by atoms with Crippen LogP contribution in [0, 0.1) is 6.92 Å². The van der Waals surface area contributed by atoms with Crippen LogP contribution in [0.25, 0.3) is 0 Å². The van der Waals surface area contributed by atoms with Crippen molar-refractivity contribution in [2.45, 2.75) is 39.3 Å². The van der Waals surface area contributed by atoms with Crippen LogP contribution in [-0.2, 0) is 6.54 Å². The van der Waals surface area contributed by atoms with Crippen molar-refractivity contribution in [2.75, 3.05) is 20.3 Å². The molecule has 5 nitrogen and oxygen atoms in total. The van der Waals surface area contributed by atoms with Crippen molar-refractivity contribution in [1.82, 2.24) is 10.1 Å². The average molecular weight is 316 g/mol. The minimum atomic E-state index is 0.314. The lowest BCUT2D eigenvalue weighted by Gasteiger charge is -2.22. The topological polar surface area (TPSA) is 47.7 Å². The molecule has 0 aliphatic carbocycles. The fraction of sp³-hybridized carbons (Fsp3) is 0.500. The number of hydrogen-bond acceptors (Lipinski definition) is 5. The van der Waals surface area contributed by atoms with E-state index in [-0.39, 0.29) is 0 Å². The molecule has 23 heavy (non-hydrogen) atoms. The number of aryl methyl sites for hydroxylation is 1. The van der Waals surface area contributed by atoms with Crippen molar-refractivity contribution in [3.8, 4) is 11.5 Å². The number of benzene rings is 1. The number of likely N-dealkylation sites (tertiary alicyclic amines) is 1. The standard InChI is InChI=1S/C18H24N2O3/c1-4-22-16-8-7-14(11-18(16)21-3)12-20-9-5-6-15(20)17-10-13(2)19-23-17/h7-8,10-11,15H,4-6,9,12H2,1-3H3/t15-/m0/s1. The number of hydrogen-bond donors (Lipinski definition) is 0. The van der Waals surface area contributed by atoms with E-state index >= 15 is 0 Å². The van der Waals surface area contributed by atoms with Gasteiger partial charge in [0.15, 0.2) is 17.3 Å². The lowest BCUT2D eigenvalue weighted by molar-refractivity contribution is 0.206. The van der Waals surface area contributed by atoms with Crippen LogP contribution in [0.1, 0.15) is 42.8 Å². The molecule has 1 aromatic carbocycles. The first-order valence-corrected chi connectivity index (χ1v) is 8.18. The Labute approximate surface area is 137 Å². The third-order valence-corrected chi connectivity index (χ3v) is 4.25. The largest absolute Gasteiger partial charge is 0.493 e. The molecule has 1 fully saturated rings. The van der Waals surface area contributed by atoms with Crippen LogP contribution in [0.4, 0.5) is 0 Å². The third-order valence-electron chi connectivity index (χ3n) is 4.25. The monoisotopic (exact) mass is 316 g/mol. The van der Waals surface area contributed by atoms with E-state index in [1.807, 2.05) is 26.0 Å². The molecule has 3 rings (SSSR count). The second-order valence-electron chi connectivity index (χ2n) is 5.92. The SMILES string of the molecule is CCOc1ccc(CN2CCC[C@H]2c2cc(C)no2)cc1OC. The van der Waals surface area contributed by atoms with Gasteiger partial charge in [-0.15, -0.1) is 0 Å². The lowest BCUT2D eigenvalue weighted by atomic mass is 10.1. The Morgan fingerprint density at radius 2 is 2.17 bits per heavy atom. The van der Waals surface area contributed by atoms with Gasteiger partial charge in [-0.3, -0.25) is 4.90 Å². The maximum Gasteiger partial charge on any atom is 0.161 e. The van der Waals surface area contributed by atoms with Crippen molar-refractivity contribution in [3.63, 3.8) is 0 Å². The van der Waals surface area contributed by atoms with Crippen LogP contribution in [0.15, 0.2) is 28.8 Å². The molecule has 1 atom stereocenters. The zero-order chi connectivity index (χ0) is 16.2. The van der Waals surface area contributed by atoms with E-state index < -0.39 is 0 Å². The molecule has 1 saturated heterocycles. The van der Waals surface area contributed by atoms with Crippen molar-refractivity contribution in [3.05, 3.63) is 41.3 Å². The lowest BCUT2D eigenvalue weighted by Crippen LogP contribution is -2.22. The van der Waals surface area contributed by atoms with Crippen LogP contribution in [-0.4, -0.2) is 30.3 Å². The molecule has 0 unspecified atom stereocenters. The summed E-state index contributed by atoms with van der Waals surface area (Å²) in [6.07, 6.45) is 2.29. The Morgan fingerprint density at radius 3 is 2.87 bits per heavy atom. The molecule has 1 aliphatic rings. The predicted molar refractivity (Wildman–Crippen MR) is 87.8 cm³/mol. The number of aromatic nitrogens is 1.